The summed E-state index contributed by atoms with van der Waals surface area (Å²) in [6.07, 6.45) is -3.70. The number of aryl methyl sites for hydroxylation is 1. The minimum absolute atomic E-state index is 0.0854. The molecule has 1 aliphatic heterocycles. The molecule has 2 aromatic rings. The monoisotopic (exact) mass is 476 g/mol. The lowest BCUT2D eigenvalue weighted by molar-refractivity contribution is -0.137. The maximum atomic E-state index is 13.3. The second-order valence-corrected chi connectivity index (χ2v) is 8.69. The molecule has 0 aliphatic carbocycles. The Bertz CT molecular complexity index is 986. The summed E-state index contributed by atoms with van der Waals surface area (Å²) in [6.45, 7) is 7.37. The number of amides is 3. The molecule has 2 unspecified atom stereocenters. The zero-order chi connectivity index (χ0) is 24.9. The molecule has 0 spiro atoms. The molecule has 1 saturated heterocycles. The smallest absolute Gasteiger partial charge is 0.368 e. The van der Waals surface area contributed by atoms with E-state index in [1.54, 1.807) is 23.1 Å². The summed E-state index contributed by atoms with van der Waals surface area (Å²) in [5.41, 5.74) is 1.50. The number of halogens is 3. The third kappa shape index (κ3) is 6.42. The van der Waals surface area contributed by atoms with Gasteiger partial charge >= 0.3 is 12.2 Å². The summed E-state index contributed by atoms with van der Waals surface area (Å²) < 4.78 is 39.1. The summed E-state index contributed by atoms with van der Waals surface area (Å²) in [4.78, 5) is 29.4. The van der Waals surface area contributed by atoms with E-state index >= 15 is 0 Å². The summed E-state index contributed by atoms with van der Waals surface area (Å²) in [5.74, 6) is -0.269. The van der Waals surface area contributed by atoms with Crippen LogP contribution in [0.2, 0.25) is 0 Å². The average Bonchev–Trinajstić information content (AvgIpc) is 2.83. The molecule has 34 heavy (non-hydrogen) atoms. The number of benzene rings is 2. The van der Waals surface area contributed by atoms with E-state index in [1.807, 2.05) is 37.8 Å². The van der Waals surface area contributed by atoms with E-state index in [1.165, 1.54) is 6.07 Å². The molecule has 184 valence electrons. The molecule has 1 heterocycles. The van der Waals surface area contributed by atoms with Crippen LogP contribution in [0.3, 0.4) is 0 Å². The molecular formula is C25H31F3N4O2. The number of alkyl halides is 3. The number of hydrogen-bond acceptors (Lipinski definition) is 3. The van der Waals surface area contributed by atoms with Gasteiger partial charge in [-0.1, -0.05) is 44.0 Å². The Morgan fingerprint density at radius 2 is 1.68 bits per heavy atom. The van der Waals surface area contributed by atoms with Crippen LogP contribution in [0.15, 0.2) is 48.5 Å². The van der Waals surface area contributed by atoms with Gasteiger partial charge in [0.15, 0.2) is 0 Å². The van der Waals surface area contributed by atoms with Crippen molar-refractivity contribution in [3.63, 3.8) is 0 Å². The van der Waals surface area contributed by atoms with Crippen LogP contribution in [0.1, 0.15) is 31.4 Å². The number of carbonyl (C=O) groups is 2. The van der Waals surface area contributed by atoms with E-state index in [0.717, 1.165) is 17.7 Å². The summed E-state index contributed by atoms with van der Waals surface area (Å²) in [6, 6.07) is 11.4. The van der Waals surface area contributed by atoms with Gasteiger partial charge in [-0.3, -0.25) is 4.79 Å². The lowest BCUT2D eigenvalue weighted by Gasteiger charge is -2.38. The maximum Gasteiger partial charge on any atom is 0.416 e. The largest absolute Gasteiger partial charge is 0.416 e. The minimum atomic E-state index is -4.40. The van der Waals surface area contributed by atoms with E-state index in [-0.39, 0.29) is 11.8 Å². The Morgan fingerprint density at radius 3 is 2.26 bits per heavy atom. The highest BCUT2D eigenvalue weighted by molar-refractivity contribution is 5.94. The molecule has 3 rings (SSSR count). The highest BCUT2D eigenvalue weighted by atomic mass is 19.4. The van der Waals surface area contributed by atoms with Gasteiger partial charge in [-0.25, -0.2) is 4.79 Å². The van der Waals surface area contributed by atoms with E-state index in [9.17, 15) is 22.8 Å². The van der Waals surface area contributed by atoms with Crippen LogP contribution in [0, 0.1) is 12.8 Å². The van der Waals surface area contributed by atoms with Crippen molar-refractivity contribution in [3.8, 4) is 0 Å². The van der Waals surface area contributed by atoms with Crippen LogP contribution in [0.25, 0.3) is 0 Å². The van der Waals surface area contributed by atoms with Crippen LogP contribution in [0.5, 0.6) is 0 Å². The molecule has 1 aliphatic rings. The second kappa shape index (κ2) is 10.8. The number of rotatable bonds is 6. The molecule has 3 amide bonds. The van der Waals surface area contributed by atoms with Gasteiger partial charge in [-0.05, 0) is 43.2 Å². The van der Waals surface area contributed by atoms with Crippen molar-refractivity contribution in [1.29, 1.82) is 0 Å². The summed E-state index contributed by atoms with van der Waals surface area (Å²) in [7, 11) is 0. The number of nitrogens with one attached hydrogen (secondary N) is 2. The number of piperazine rings is 1. The molecule has 0 saturated carbocycles. The van der Waals surface area contributed by atoms with E-state index in [4.69, 9.17) is 0 Å². The quantitative estimate of drug-likeness (QED) is 0.624. The summed E-state index contributed by atoms with van der Waals surface area (Å²) >= 11 is 0. The second-order valence-electron chi connectivity index (χ2n) is 8.69. The number of urea groups is 1. The van der Waals surface area contributed by atoms with Crippen LogP contribution in [0.4, 0.5) is 29.3 Å². The Balaban J connectivity index is 1.62. The van der Waals surface area contributed by atoms with Gasteiger partial charge in [-0.15, -0.1) is 0 Å². The Kier molecular flexibility index (Phi) is 8.06. The first kappa shape index (κ1) is 25.4. The molecule has 0 aromatic heterocycles. The third-order valence-electron chi connectivity index (χ3n) is 6.21. The van der Waals surface area contributed by atoms with Crippen LogP contribution < -0.4 is 15.5 Å². The number of hydrogen-bond donors (Lipinski definition) is 2. The van der Waals surface area contributed by atoms with Crippen molar-refractivity contribution in [3.05, 3.63) is 59.7 Å². The van der Waals surface area contributed by atoms with Gasteiger partial charge in [0, 0.05) is 37.6 Å². The normalized spacial score (nSPS) is 16.1. The zero-order valence-corrected chi connectivity index (χ0v) is 19.7. The molecule has 9 heteroatoms. The molecule has 6 nitrogen and oxygen atoms in total. The molecular weight excluding hydrogens is 445 g/mol. The topological polar surface area (TPSA) is 64.7 Å². The highest BCUT2D eigenvalue weighted by Crippen LogP contribution is 2.32. The van der Waals surface area contributed by atoms with Crippen LogP contribution in [-0.4, -0.2) is 49.1 Å². The van der Waals surface area contributed by atoms with Crippen molar-refractivity contribution in [2.24, 2.45) is 5.92 Å². The molecule has 0 bridgehead atoms. The molecule has 0 radical (unpaired) electrons. The first-order chi connectivity index (χ1) is 16.1. The lowest BCUT2D eigenvalue weighted by atomic mass is 9.97. The van der Waals surface area contributed by atoms with Gasteiger partial charge in [-0.2, -0.15) is 13.2 Å². The number of carbonyl (C=O) groups excluding carboxylic acids is 2. The highest BCUT2D eigenvalue weighted by Gasteiger charge is 2.33. The van der Waals surface area contributed by atoms with Crippen LogP contribution in [-0.2, 0) is 11.0 Å². The predicted molar refractivity (Wildman–Crippen MR) is 127 cm³/mol. The van der Waals surface area contributed by atoms with Crippen molar-refractivity contribution in [2.45, 2.75) is 39.4 Å². The predicted octanol–water partition coefficient (Wildman–Crippen LogP) is 4.90. The van der Waals surface area contributed by atoms with Gasteiger partial charge in [0.05, 0.1) is 5.56 Å². The lowest BCUT2D eigenvalue weighted by Crippen LogP contribution is -2.57. The van der Waals surface area contributed by atoms with Gasteiger partial charge in [0.25, 0.3) is 0 Å². The first-order valence-electron chi connectivity index (χ1n) is 11.4. The van der Waals surface area contributed by atoms with Crippen molar-refractivity contribution in [1.82, 2.24) is 10.2 Å². The van der Waals surface area contributed by atoms with Crippen LogP contribution >= 0.6 is 0 Å². The number of nitrogens with zero attached hydrogens (tertiary/aromatic N) is 2. The fraction of sp³-hybridized carbons (Fsp3) is 0.440. The van der Waals surface area contributed by atoms with Gasteiger partial charge in [0.2, 0.25) is 5.91 Å². The first-order valence-corrected chi connectivity index (χ1v) is 11.4. The van der Waals surface area contributed by atoms with E-state index < -0.39 is 23.8 Å². The minimum Gasteiger partial charge on any atom is -0.368 e. The average molecular weight is 477 g/mol. The Hall–Kier alpha value is -3.23. The van der Waals surface area contributed by atoms with Gasteiger partial charge in [0.1, 0.15) is 6.04 Å². The Morgan fingerprint density at radius 1 is 1.03 bits per heavy atom. The third-order valence-corrected chi connectivity index (χ3v) is 6.21. The fourth-order valence-electron chi connectivity index (χ4n) is 3.89. The van der Waals surface area contributed by atoms with Gasteiger partial charge < -0.3 is 20.4 Å². The number of anilines is 2. The van der Waals surface area contributed by atoms with Crippen molar-refractivity contribution < 1.29 is 22.8 Å². The molecule has 2 aromatic carbocycles. The van der Waals surface area contributed by atoms with E-state index in [2.05, 4.69) is 10.6 Å². The molecule has 2 atom stereocenters. The molecule has 2 N–H and O–H groups in total. The SMILES string of the molecule is CCC(C)C(NC(=O)Nc1ccc(C)cc1)C(=O)N1CCN(c2cccc(C(F)(F)F)c2)CC1. The van der Waals surface area contributed by atoms with Crippen molar-refractivity contribution >= 4 is 23.3 Å². The maximum absolute atomic E-state index is 13.3. The zero-order valence-electron chi connectivity index (χ0n) is 19.7. The standard InChI is InChI=1S/C25H31F3N4O2/c1-4-18(3)22(30-24(34)29-20-10-8-17(2)9-11-20)23(33)32-14-12-31(13-15-32)21-7-5-6-19(16-21)25(26,27)28/h5-11,16,18,22H,4,12-15H2,1-3H3,(H2,29,30,34). The van der Waals surface area contributed by atoms with Crippen molar-refractivity contribution in [2.75, 3.05) is 36.4 Å². The Labute approximate surface area is 198 Å². The molecule has 1 fully saturated rings. The fourth-order valence-corrected chi connectivity index (χ4v) is 3.89. The summed E-state index contributed by atoms with van der Waals surface area (Å²) in [5, 5.41) is 5.58. The van der Waals surface area contributed by atoms with E-state index in [0.29, 0.717) is 44.0 Å².